The Kier molecular flexibility index (Phi) is 8.48. The second kappa shape index (κ2) is 10.7. The number of hydrogen-bond acceptors (Lipinski definition) is 6. The van der Waals surface area contributed by atoms with Gasteiger partial charge < -0.3 is 9.47 Å². The van der Waals surface area contributed by atoms with Crippen LogP contribution >= 0.6 is 42.5 Å². The fourth-order valence-corrected chi connectivity index (χ4v) is 10.2. The van der Waals surface area contributed by atoms with Crippen LogP contribution in [0.2, 0.25) is 8.67 Å². The normalized spacial score (nSPS) is 11.9. The standard InChI is InChI=1S/C22H23Cl2O5PS2/c1-14(2)13-29-32(25,26)20-19(21(23)31-22(20)24)30(17-11-7-5-9-15(17)27-3)18-12-8-6-10-16(18)28-4/h5-12,14H,13H2,1-4H3. The van der Waals surface area contributed by atoms with Crippen LogP contribution in [0.15, 0.2) is 53.4 Å². The van der Waals surface area contributed by atoms with Crippen molar-refractivity contribution in [2.45, 2.75) is 18.7 Å². The summed E-state index contributed by atoms with van der Waals surface area (Å²) in [6.07, 6.45) is 0. The van der Waals surface area contributed by atoms with Crippen LogP contribution in [0, 0.1) is 5.92 Å². The maximum Gasteiger partial charge on any atom is 0.300 e. The first-order valence-electron chi connectivity index (χ1n) is 9.64. The minimum Gasteiger partial charge on any atom is -0.496 e. The van der Waals surface area contributed by atoms with Crippen molar-refractivity contribution >= 4 is 68.5 Å². The van der Waals surface area contributed by atoms with E-state index in [1.165, 1.54) is 0 Å². The van der Waals surface area contributed by atoms with E-state index < -0.39 is 18.0 Å². The Morgan fingerprint density at radius 1 is 0.906 bits per heavy atom. The van der Waals surface area contributed by atoms with Gasteiger partial charge in [0.15, 0.2) is 0 Å². The molecule has 0 unspecified atom stereocenters. The van der Waals surface area contributed by atoms with Crippen LogP contribution in [0.5, 0.6) is 11.5 Å². The lowest BCUT2D eigenvalue weighted by Gasteiger charge is -2.24. The highest BCUT2D eigenvalue weighted by molar-refractivity contribution is 7.89. The predicted molar refractivity (Wildman–Crippen MR) is 134 cm³/mol. The summed E-state index contributed by atoms with van der Waals surface area (Å²) in [6, 6.07) is 14.9. The Balaban J connectivity index is 2.35. The zero-order valence-electron chi connectivity index (χ0n) is 18.0. The van der Waals surface area contributed by atoms with Gasteiger partial charge in [0.05, 0.1) is 20.8 Å². The van der Waals surface area contributed by atoms with Gasteiger partial charge in [-0.15, -0.1) is 11.3 Å². The lowest BCUT2D eigenvalue weighted by atomic mass is 10.2. The van der Waals surface area contributed by atoms with E-state index >= 15 is 0 Å². The van der Waals surface area contributed by atoms with Gasteiger partial charge in [0.25, 0.3) is 10.1 Å². The molecule has 3 aromatic rings. The molecule has 0 fully saturated rings. The number of methoxy groups -OCH3 is 2. The molecule has 0 aliphatic carbocycles. The molecule has 0 aliphatic heterocycles. The zero-order valence-corrected chi connectivity index (χ0v) is 22.0. The van der Waals surface area contributed by atoms with Crippen LogP contribution in [0.4, 0.5) is 0 Å². The van der Waals surface area contributed by atoms with E-state index in [4.69, 9.17) is 36.9 Å². The third kappa shape index (κ3) is 5.24. The largest absolute Gasteiger partial charge is 0.496 e. The lowest BCUT2D eigenvalue weighted by Crippen LogP contribution is -2.27. The number of benzene rings is 2. The van der Waals surface area contributed by atoms with Crippen LogP contribution < -0.4 is 25.4 Å². The van der Waals surface area contributed by atoms with Crippen LogP contribution in [0.1, 0.15) is 13.8 Å². The van der Waals surface area contributed by atoms with Gasteiger partial charge in [-0.1, -0.05) is 73.4 Å². The molecule has 0 N–H and O–H groups in total. The summed E-state index contributed by atoms with van der Waals surface area (Å²) in [6.45, 7) is 3.77. The van der Waals surface area contributed by atoms with Gasteiger partial charge in [-0.05, 0) is 26.0 Å². The van der Waals surface area contributed by atoms with Gasteiger partial charge >= 0.3 is 0 Å². The quantitative estimate of drug-likeness (QED) is 0.280. The molecule has 0 amide bonds. The predicted octanol–water partition coefficient (Wildman–Crippen LogP) is 5.19. The second-order valence-electron chi connectivity index (χ2n) is 7.14. The second-order valence-corrected chi connectivity index (χ2v) is 13.0. The number of ether oxygens (including phenoxy) is 2. The van der Waals surface area contributed by atoms with Gasteiger partial charge in [-0.25, -0.2) is 0 Å². The summed E-state index contributed by atoms with van der Waals surface area (Å²) in [5.74, 6) is 1.23. The van der Waals surface area contributed by atoms with Crippen molar-refractivity contribution in [1.29, 1.82) is 0 Å². The topological polar surface area (TPSA) is 61.8 Å². The molecule has 0 saturated heterocycles. The van der Waals surface area contributed by atoms with E-state index in [2.05, 4.69) is 0 Å². The molecule has 1 aromatic heterocycles. The molecular weight excluding hydrogens is 510 g/mol. The van der Waals surface area contributed by atoms with E-state index in [0.29, 0.717) is 16.8 Å². The highest BCUT2D eigenvalue weighted by Crippen LogP contribution is 2.48. The maximum absolute atomic E-state index is 13.3. The zero-order chi connectivity index (χ0) is 23.5. The van der Waals surface area contributed by atoms with E-state index in [9.17, 15) is 8.42 Å². The summed E-state index contributed by atoms with van der Waals surface area (Å²) in [5, 5.41) is 1.96. The van der Waals surface area contributed by atoms with Crippen LogP contribution in [0.3, 0.4) is 0 Å². The van der Waals surface area contributed by atoms with Crippen molar-refractivity contribution in [2.75, 3.05) is 20.8 Å². The maximum atomic E-state index is 13.3. The molecule has 5 nitrogen and oxygen atoms in total. The summed E-state index contributed by atoms with van der Waals surface area (Å²) in [5.41, 5.74) is 0. The third-order valence-corrected chi connectivity index (χ3v) is 10.7. The van der Waals surface area contributed by atoms with Gasteiger partial charge in [0.2, 0.25) is 0 Å². The van der Waals surface area contributed by atoms with Gasteiger partial charge in [-0.3, -0.25) is 4.18 Å². The lowest BCUT2D eigenvalue weighted by molar-refractivity contribution is 0.275. The van der Waals surface area contributed by atoms with E-state index in [-0.39, 0.29) is 26.1 Å². The molecule has 0 aliphatic rings. The first-order chi connectivity index (χ1) is 15.2. The van der Waals surface area contributed by atoms with Gasteiger partial charge in [0.1, 0.15) is 25.1 Å². The highest BCUT2D eigenvalue weighted by atomic mass is 35.5. The van der Waals surface area contributed by atoms with Crippen molar-refractivity contribution in [1.82, 2.24) is 0 Å². The van der Waals surface area contributed by atoms with Crippen molar-refractivity contribution < 1.29 is 22.1 Å². The number of rotatable bonds is 9. The highest BCUT2D eigenvalue weighted by Gasteiger charge is 2.36. The van der Waals surface area contributed by atoms with E-state index in [1.807, 2.05) is 62.4 Å². The molecular formula is C22H23Cl2O5PS2. The molecule has 0 saturated carbocycles. The average Bonchev–Trinajstić information content (AvgIpc) is 3.07. The Morgan fingerprint density at radius 2 is 1.41 bits per heavy atom. The third-order valence-electron chi connectivity index (χ3n) is 4.44. The van der Waals surface area contributed by atoms with E-state index in [1.54, 1.807) is 14.2 Å². The Bertz CT molecular complexity index is 1150. The van der Waals surface area contributed by atoms with E-state index in [0.717, 1.165) is 21.9 Å². The van der Waals surface area contributed by atoms with Crippen LogP contribution in [-0.2, 0) is 14.3 Å². The number of halogens is 2. The molecule has 0 spiro atoms. The minimum absolute atomic E-state index is 0.0195. The molecule has 2 aromatic carbocycles. The first-order valence-corrected chi connectivity index (χ1v) is 14.0. The smallest absolute Gasteiger partial charge is 0.300 e. The van der Waals surface area contributed by atoms with Crippen molar-refractivity contribution in [3.63, 3.8) is 0 Å². The fourth-order valence-electron chi connectivity index (χ4n) is 3.05. The Hall–Kier alpha value is -1.34. The number of thiophene rings is 1. The molecule has 0 bridgehead atoms. The molecule has 32 heavy (non-hydrogen) atoms. The molecule has 1 heterocycles. The Morgan fingerprint density at radius 3 is 1.88 bits per heavy atom. The molecule has 3 rings (SSSR count). The van der Waals surface area contributed by atoms with Gasteiger partial charge in [0, 0.05) is 15.9 Å². The van der Waals surface area contributed by atoms with Crippen molar-refractivity contribution in [3.05, 3.63) is 57.2 Å². The monoisotopic (exact) mass is 532 g/mol. The number of hydrogen-bond donors (Lipinski definition) is 0. The van der Waals surface area contributed by atoms with Crippen LogP contribution in [0.25, 0.3) is 0 Å². The van der Waals surface area contributed by atoms with Crippen LogP contribution in [-0.4, -0.2) is 29.2 Å². The fraction of sp³-hybridized carbons (Fsp3) is 0.273. The van der Waals surface area contributed by atoms with Gasteiger partial charge in [-0.2, -0.15) is 8.42 Å². The summed E-state index contributed by atoms with van der Waals surface area (Å²) >= 11 is 14.1. The minimum atomic E-state index is -4.17. The number of para-hydroxylation sites is 2. The average molecular weight is 533 g/mol. The SMILES string of the molecule is COc1ccccc1P(c1ccccc1OC)c1c(Cl)sc(Cl)c1S(=O)(=O)OCC(C)C. The molecule has 0 atom stereocenters. The summed E-state index contributed by atoms with van der Waals surface area (Å²) in [7, 11) is -2.55. The molecule has 0 radical (unpaired) electrons. The van der Waals surface area contributed by atoms with Crippen molar-refractivity contribution in [2.24, 2.45) is 5.92 Å². The molecule has 10 heteroatoms. The summed E-state index contributed by atoms with van der Waals surface area (Å²) in [4.78, 5) is -0.0993. The Labute approximate surface area is 204 Å². The summed E-state index contributed by atoms with van der Waals surface area (Å²) < 4.78 is 43.4. The first kappa shape index (κ1) is 25.3. The van der Waals surface area contributed by atoms with Crippen molar-refractivity contribution in [3.8, 4) is 11.5 Å². The molecule has 172 valence electrons.